The van der Waals surface area contributed by atoms with Crippen LogP contribution in [0, 0.1) is 0 Å². The van der Waals surface area contributed by atoms with E-state index in [1.165, 1.54) is 0 Å². The van der Waals surface area contributed by atoms with E-state index in [0.29, 0.717) is 29.2 Å². The van der Waals surface area contributed by atoms with Crippen molar-refractivity contribution >= 4 is 17.3 Å². The third kappa shape index (κ3) is 3.23. The highest BCUT2D eigenvalue weighted by molar-refractivity contribution is 6.29. The number of halogens is 1. The number of nitrogens with zero attached hydrogens (tertiary/aromatic N) is 6. The van der Waals surface area contributed by atoms with E-state index >= 15 is 0 Å². The average molecular weight is 355 g/mol. The molecule has 0 aliphatic carbocycles. The summed E-state index contributed by atoms with van der Waals surface area (Å²) in [5.41, 5.74) is 3.08. The fourth-order valence-electron chi connectivity index (χ4n) is 2.81. The standard InChI is InChI=1S/C17H15ClN6O/c1-25-15-8-12(7-14(18)23-15)24-6-3-13-11(10-24)9-21-17(22-13)16-19-4-2-5-20-16/h2,4-5,7-9H,3,6,10H2,1H3. The van der Waals surface area contributed by atoms with E-state index in [4.69, 9.17) is 16.3 Å². The zero-order valence-electron chi connectivity index (χ0n) is 13.6. The van der Waals surface area contributed by atoms with Gasteiger partial charge in [-0.05, 0) is 12.1 Å². The lowest BCUT2D eigenvalue weighted by atomic mass is 10.1. The van der Waals surface area contributed by atoms with Crippen LogP contribution >= 0.6 is 11.6 Å². The van der Waals surface area contributed by atoms with Gasteiger partial charge < -0.3 is 9.64 Å². The van der Waals surface area contributed by atoms with Gasteiger partial charge in [-0.3, -0.25) is 0 Å². The van der Waals surface area contributed by atoms with Crippen LogP contribution in [-0.4, -0.2) is 38.6 Å². The summed E-state index contributed by atoms with van der Waals surface area (Å²) in [6.07, 6.45) is 6.03. The lowest BCUT2D eigenvalue weighted by Crippen LogP contribution is -2.31. The lowest BCUT2D eigenvalue weighted by molar-refractivity contribution is 0.398. The maximum atomic E-state index is 6.08. The molecule has 0 aromatic carbocycles. The Morgan fingerprint density at radius 3 is 2.72 bits per heavy atom. The monoisotopic (exact) mass is 354 g/mol. The fourth-order valence-corrected chi connectivity index (χ4v) is 3.00. The van der Waals surface area contributed by atoms with Gasteiger partial charge in [-0.1, -0.05) is 11.6 Å². The molecule has 0 unspecified atom stereocenters. The average Bonchev–Trinajstić information content (AvgIpc) is 2.67. The molecule has 25 heavy (non-hydrogen) atoms. The minimum absolute atomic E-state index is 0.410. The van der Waals surface area contributed by atoms with Crippen molar-refractivity contribution < 1.29 is 4.74 Å². The van der Waals surface area contributed by atoms with Crippen LogP contribution < -0.4 is 9.64 Å². The molecule has 3 aromatic heterocycles. The molecule has 0 saturated carbocycles. The van der Waals surface area contributed by atoms with Crippen LogP contribution in [0.5, 0.6) is 5.88 Å². The van der Waals surface area contributed by atoms with Crippen molar-refractivity contribution in [2.24, 2.45) is 0 Å². The predicted octanol–water partition coefficient (Wildman–Crippen LogP) is 2.55. The number of aromatic nitrogens is 5. The number of pyridine rings is 1. The lowest BCUT2D eigenvalue weighted by Gasteiger charge is -2.30. The number of hydrogen-bond donors (Lipinski definition) is 0. The second kappa shape index (κ2) is 6.60. The highest BCUT2D eigenvalue weighted by Gasteiger charge is 2.20. The Labute approximate surface area is 149 Å². The summed E-state index contributed by atoms with van der Waals surface area (Å²) in [4.78, 5) is 23.8. The molecule has 7 nitrogen and oxygen atoms in total. The topological polar surface area (TPSA) is 76.9 Å². The molecule has 0 atom stereocenters. The van der Waals surface area contributed by atoms with E-state index in [2.05, 4.69) is 29.8 Å². The third-order valence-corrected chi connectivity index (χ3v) is 4.22. The van der Waals surface area contributed by atoms with Gasteiger partial charge in [0, 0.05) is 55.4 Å². The van der Waals surface area contributed by atoms with E-state index in [0.717, 1.165) is 29.9 Å². The van der Waals surface area contributed by atoms with Crippen molar-refractivity contribution in [3.8, 4) is 17.5 Å². The van der Waals surface area contributed by atoms with Crippen molar-refractivity contribution in [2.75, 3.05) is 18.6 Å². The number of fused-ring (bicyclic) bond motifs is 1. The van der Waals surface area contributed by atoms with Crippen molar-refractivity contribution in [1.82, 2.24) is 24.9 Å². The largest absolute Gasteiger partial charge is 0.481 e. The van der Waals surface area contributed by atoms with Crippen molar-refractivity contribution in [1.29, 1.82) is 0 Å². The van der Waals surface area contributed by atoms with Gasteiger partial charge in [-0.25, -0.2) is 24.9 Å². The van der Waals surface area contributed by atoms with E-state index in [1.54, 1.807) is 25.6 Å². The predicted molar refractivity (Wildman–Crippen MR) is 93.6 cm³/mol. The molecule has 4 rings (SSSR count). The van der Waals surface area contributed by atoms with Crippen molar-refractivity contribution in [3.63, 3.8) is 0 Å². The smallest absolute Gasteiger partial charge is 0.216 e. The first kappa shape index (κ1) is 15.7. The molecule has 1 aliphatic rings. The van der Waals surface area contributed by atoms with E-state index < -0.39 is 0 Å². The minimum atomic E-state index is 0.410. The second-order valence-corrected chi connectivity index (χ2v) is 5.99. The molecule has 0 bridgehead atoms. The Morgan fingerprint density at radius 1 is 1.08 bits per heavy atom. The van der Waals surface area contributed by atoms with Crippen LogP contribution in [0.1, 0.15) is 11.3 Å². The van der Waals surface area contributed by atoms with E-state index in [9.17, 15) is 0 Å². The van der Waals surface area contributed by atoms with Gasteiger partial charge in [0.05, 0.1) is 12.8 Å². The zero-order valence-corrected chi connectivity index (χ0v) is 14.3. The van der Waals surface area contributed by atoms with Gasteiger partial charge >= 0.3 is 0 Å². The van der Waals surface area contributed by atoms with Gasteiger partial charge in [0.15, 0.2) is 11.6 Å². The normalized spacial score (nSPS) is 13.4. The summed E-state index contributed by atoms with van der Waals surface area (Å²) in [6, 6.07) is 5.49. The minimum Gasteiger partial charge on any atom is -0.481 e. The Bertz CT molecular complexity index is 905. The highest BCUT2D eigenvalue weighted by Crippen LogP contribution is 2.28. The molecular formula is C17H15ClN6O. The van der Waals surface area contributed by atoms with Crippen LogP contribution in [0.3, 0.4) is 0 Å². The van der Waals surface area contributed by atoms with Crippen LogP contribution in [0.4, 0.5) is 5.69 Å². The summed E-state index contributed by atoms with van der Waals surface area (Å²) in [6.45, 7) is 1.53. The van der Waals surface area contributed by atoms with Crippen LogP contribution in [-0.2, 0) is 13.0 Å². The summed E-state index contributed by atoms with van der Waals surface area (Å²) in [7, 11) is 1.58. The van der Waals surface area contributed by atoms with Crippen LogP contribution in [0.25, 0.3) is 11.6 Å². The number of methoxy groups -OCH3 is 1. The molecular weight excluding hydrogens is 340 g/mol. The van der Waals surface area contributed by atoms with Crippen LogP contribution in [0.15, 0.2) is 36.8 Å². The van der Waals surface area contributed by atoms with Crippen molar-refractivity contribution in [3.05, 3.63) is 53.2 Å². The van der Waals surface area contributed by atoms with Gasteiger partial charge in [-0.15, -0.1) is 0 Å². The Balaban J connectivity index is 1.61. The quantitative estimate of drug-likeness (QED) is 0.669. The molecule has 0 radical (unpaired) electrons. The Hall–Kier alpha value is -2.80. The first-order valence-electron chi connectivity index (χ1n) is 7.81. The molecule has 0 fully saturated rings. The van der Waals surface area contributed by atoms with Crippen molar-refractivity contribution in [2.45, 2.75) is 13.0 Å². The number of hydrogen-bond acceptors (Lipinski definition) is 7. The second-order valence-electron chi connectivity index (χ2n) is 5.60. The first-order chi connectivity index (χ1) is 12.2. The summed E-state index contributed by atoms with van der Waals surface area (Å²) < 4.78 is 5.20. The van der Waals surface area contributed by atoms with Crippen LogP contribution in [0.2, 0.25) is 5.15 Å². The molecule has 126 valence electrons. The maximum Gasteiger partial charge on any atom is 0.216 e. The van der Waals surface area contributed by atoms with E-state index in [1.807, 2.05) is 18.3 Å². The molecule has 1 aliphatic heterocycles. The fraction of sp³-hybridized carbons (Fsp3) is 0.235. The van der Waals surface area contributed by atoms with Gasteiger partial charge in [0.2, 0.25) is 5.88 Å². The van der Waals surface area contributed by atoms with Gasteiger partial charge in [0.1, 0.15) is 5.15 Å². The molecule has 4 heterocycles. The summed E-state index contributed by atoms with van der Waals surface area (Å²) in [5, 5.41) is 0.410. The first-order valence-corrected chi connectivity index (χ1v) is 8.19. The zero-order chi connectivity index (χ0) is 17.2. The van der Waals surface area contributed by atoms with Gasteiger partial charge in [0.25, 0.3) is 0 Å². The maximum absolute atomic E-state index is 6.08. The molecule has 0 N–H and O–H groups in total. The Morgan fingerprint density at radius 2 is 1.92 bits per heavy atom. The number of rotatable bonds is 3. The summed E-state index contributed by atoms with van der Waals surface area (Å²) in [5.74, 6) is 1.60. The molecule has 0 amide bonds. The van der Waals surface area contributed by atoms with Gasteiger partial charge in [-0.2, -0.15) is 0 Å². The SMILES string of the molecule is COc1cc(N2CCc3nc(-c4ncccn4)ncc3C2)cc(Cl)n1. The summed E-state index contributed by atoms with van der Waals surface area (Å²) >= 11 is 6.08. The number of anilines is 1. The highest BCUT2D eigenvalue weighted by atomic mass is 35.5. The third-order valence-electron chi connectivity index (χ3n) is 4.03. The molecule has 0 saturated heterocycles. The molecule has 0 spiro atoms. The van der Waals surface area contributed by atoms with E-state index in [-0.39, 0.29) is 0 Å². The number of ether oxygens (including phenoxy) is 1. The molecule has 3 aromatic rings. The molecule has 8 heteroatoms. The Kier molecular flexibility index (Phi) is 4.15.